The second kappa shape index (κ2) is 12.3. The Bertz CT molecular complexity index is 226. The molecule has 0 fully saturated rings. The van der Waals surface area contributed by atoms with Gasteiger partial charge in [-0.25, -0.2) is 0 Å². The van der Waals surface area contributed by atoms with Crippen molar-refractivity contribution in [2.75, 3.05) is 7.05 Å². The van der Waals surface area contributed by atoms with Gasteiger partial charge in [-0.2, -0.15) is 12.8 Å². The minimum Gasteiger partial charge on any atom is -0.634 e. The van der Waals surface area contributed by atoms with Crippen LogP contribution in [0.15, 0.2) is 0 Å². The van der Waals surface area contributed by atoms with Crippen LogP contribution in [0.25, 0.3) is 0 Å². The molecular weight excluding hydrogens is 289 g/mol. The predicted octanol–water partition coefficient (Wildman–Crippen LogP) is -0.825. The maximum Gasteiger partial charge on any atom is 0.0719 e. The third-order valence-corrected chi connectivity index (χ3v) is 1.22. The van der Waals surface area contributed by atoms with E-state index >= 15 is 0 Å². The van der Waals surface area contributed by atoms with Crippen LogP contribution in [0.1, 0.15) is 13.8 Å². The molecule has 0 N–H and O–H groups in total. The molecule has 1 radical (unpaired) electrons. The van der Waals surface area contributed by atoms with Crippen molar-refractivity contribution < 1.29 is 51.9 Å². The van der Waals surface area contributed by atoms with Crippen LogP contribution in [0.2, 0.25) is 0 Å². The number of carbonyl (C=O) groups excluding carboxylic acids is 4. The van der Waals surface area contributed by atoms with E-state index in [1.54, 1.807) is 13.8 Å². The molecule has 16 heavy (non-hydrogen) atoms. The van der Waals surface area contributed by atoms with Gasteiger partial charge in [0.05, 0.1) is 6.41 Å². The van der Waals surface area contributed by atoms with E-state index in [9.17, 15) is 19.2 Å². The van der Waals surface area contributed by atoms with Crippen LogP contribution in [0.4, 0.5) is 0 Å². The summed E-state index contributed by atoms with van der Waals surface area (Å²) < 4.78 is 0. The summed E-state index contributed by atoms with van der Waals surface area (Å²) in [4.78, 5) is 40.4. The smallest absolute Gasteiger partial charge is 0.0719 e. The van der Waals surface area contributed by atoms with E-state index in [4.69, 9.17) is 0 Å². The van der Waals surface area contributed by atoms with E-state index in [1.807, 2.05) is 0 Å². The fourth-order valence-electron chi connectivity index (χ4n) is 0.280. The molecule has 6 nitrogen and oxygen atoms in total. The van der Waals surface area contributed by atoms with Gasteiger partial charge in [0, 0.05) is 32.7 Å². The van der Waals surface area contributed by atoms with Crippen molar-refractivity contribution in [2.24, 2.45) is 0 Å². The summed E-state index contributed by atoms with van der Waals surface area (Å²) in [6, 6.07) is -0.134. The van der Waals surface area contributed by atoms with Crippen molar-refractivity contribution in [2.45, 2.75) is 19.9 Å². The van der Waals surface area contributed by atoms with E-state index in [-0.39, 0.29) is 38.8 Å². The summed E-state index contributed by atoms with van der Waals surface area (Å²) in [5.41, 5.74) is 0. The maximum atomic E-state index is 9.93. The molecule has 0 bridgehead atoms. The molecule has 0 atom stereocenters. The van der Waals surface area contributed by atoms with Gasteiger partial charge in [-0.15, -0.1) is 0 Å². The Morgan fingerprint density at radius 2 is 1.50 bits per heavy atom. The first-order valence-electron chi connectivity index (χ1n) is 3.92. The Morgan fingerprint density at radius 1 is 1.12 bits per heavy atom. The monoisotopic (exact) mass is 301 g/mol. The zero-order valence-electron chi connectivity index (χ0n) is 9.39. The molecule has 89 valence electrons. The molecule has 0 heterocycles. The van der Waals surface area contributed by atoms with Crippen molar-refractivity contribution in [3.8, 4) is 0 Å². The van der Waals surface area contributed by atoms with Crippen molar-refractivity contribution >= 4 is 25.1 Å². The van der Waals surface area contributed by atoms with Gasteiger partial charge in [0.25, 0.3) is 0 Å². The minimum absolute atomic E-state index is 0. The Morgan fingerprint density at radius 3 is 1.50 bits per heavy atom. The Hall–Kier alpha value is -0.746. The van der Waals surface area contributed by atoms with Crippen LogP contribution in [-0.4, -0.2) is 48.0 Å². The van der Waals surface area contributed by atoms with Gasteiger partial charge in [0.2, 0.25) is 0 Å². The minimum atomic E-state index is -0.546. The summed E-state index contributed by atoms with van der Waals surface area (Å²) in [7, 11) is 1.29. The molecule has 4 amide bonds. The molecule has 0 aliphatic carbocycles. The maximum absolute atomic E-state index is 9.93. The molecule has 0 aromatic carbocycles. The average molecular weight is 301 g/mol. The fraction of sp³-hybridized carbons (Fsp3) is 0.444. The van der Waals surface area contributed by atoms with Crippen LogP contribution >= 0.6 is 0 Å². The van der Waals surface area contributed by atoms with E-state index in [0.29, 0.717) is 0 Å². The van der Waals surface area contributed by atoms with Gasteiger partial charge in [0.15, 0.2) is 0 Å². The van der Waals surface area contributed by atoms with Gasteiger partial charge in [0.1, 0.15) is 0 Å². The number of rotatable bonds is 4. The normalized spacial score (nSPS) is 7.75. The zero-order chi connectivity index (χ0) is 12.4. The molecule has 7 heteroatoms. The number of imide groups is 2. The standard InChI is InChI=1S/C5H7NO2.C4H5NO2.Y/c1-5(2)6(3-7)4-8;1-4(7)5(2)3-6;/h5H,1-2H3;1H2,2H3;/q2*-2;. The van der Waals surface area contributed by atoms with E-state index in [2.05, 4.69) is 6.92 Å². The Balaban J connectivity index is -0.000000200. The van der Waals surface area contributed by atoms with Gasteiger partial charge < -0.3 is 35.9 Å². The van der Waals surface area contributed by atoms with Crippen molar-refractivity contribution in [3.63, 3.8) is 0 Å². The SMILES string of the molecule is CC(C)N([C-]=O)[C-]=O.[CH2-]C(=O)N(C)[C-]=O.[Y]. The molecule has 0 aliphatic rings. The second-order valence-electron chi connectivity index (χ2n) is 2.69. The van der Waals surface area contributed by atoms with Crippen molar-refractivity contribution in [1.29, 1.82) is 0 Å². The molecule has 0 saturated heterocycles. The number of amides is 4. The van der Waals surface area contributed by atoms with Gasteiger partial charge in [-0.05, 0) is 26.9 Å². The summed E-state index contributed by atoms with van der Waals surface area (Å²) in [6.45, 7) is 6.34. The van der Waals surface area contributed by atoms with E-state index in [1.165, 1.54) is 26.3 Å². The van der Waals surface area contributed by atoms with Crippen LogP contribution in [-0.2, 0) is 51.9 Å². The number of hydrogen-bond acceptors (Lipinski definition) is 4. The first-order valence-corrected chi connectivity index (χ1v) is 3.92. The quantitative estimate of drug-likeness (QED) is 0.502. The van der Waals surface area contributed by atoms with Crippen LogP contribution in [0.5, 0.6) is 0 Å². The predicted molar refractivity (Wildman–Crippen MR) is 52.2 cm³/mol. The van der Waals surface area contributed by atoms with E-state index < -0.39 is 5.91 Å². The topological polar surface area (TPSA) is 74.8 Å². The van der Waals surface area contributed by atoms with Gasteiger partial charge in [-0.3, -0.25) is 0 Å². The summed E-state index contributed by atoms with van der Waals surface area (Å²) >= 11 is 0. The van der Waals surface area contributed by atoms with Crippen molar-refractivity contribution in [3.05, 3.63) is 6.92 Å². The Labute approximate surface area is 120 Å². The molecule has 0 aromatic rings. The van der Waals surface area contributed by atoms with Crippen LogP contribution in [0, 0.1) is 6.92 Å². The van der Waals surface area contributed by atoms with Crippen LogP contribution in [0.3, 0.4) is 0 Å². The number of hydrogen-bond donors (Lipinski definition) is 0. The summed E-state index contributed by atoms with van der Waals surface area (Å²) in [6.07, 6.45) is 4.16. The molecule has 0 rings (SSSR count). The van der Waals surface area contributed by atoms with Crippen LogP contribution < -0.4 is 0 Å². The molecule has 0 saturated carbocycles. The molecular formula is C9H12N2O4Y-4. The fourth-order valence-corrected chi connectivity index (χ4v) is 0.280. The molecule has 0 unspecified atom stereocenters. The molecule has 0 spiro atoms. The molecule has 0 aliphatic heterocycles. The first-order chi connectivity index (χ1) is 6.90. The summed E-state index contributed by atoms with van der Waals surface area (Å²) in [5.74, 6) is -0.546. The van der Waals surface area contributed by atoms with Gasteiger partial charge >= 0.3 is 0 Å². The average Bonchev–Trinajstić information content (AvgIpc) is 2.18. The summed E-state index contributed by atoms with van der Waals surface area (Å²) in [5, 5.41) is 0. The third-order valence-electron chi connectivity index (χ3n) is 1.22. The zero-order valence-corrected chi connectivity index (χ0v) is 12.2. The largest absolute Gasteiger partial charge is 0.634 e. The number of carbonyl (C=O) groups is 1. The third kappa shape index (κ3) is 11.3. The van der Waals surface area contributed by atoms with Crippen molar-refractivity contribution in [1.82, 2.24) is 9.80 Å². The Kier molecular flexibility index (Phi) is 15.9. The molecule has 0 aromatic heterocycles. The second-order valence-corrected chi connectivity index (χ2v) is 2.69. The van der Waals surface area contributed by atoms with E-state index in [0.717, 1.165) is 9.80 Å². The van der Waals surface area contributed by atoms with Gasteiger partial charge in [-0.1, -0.05) is 5.91 Å². The number of nitrogens with zero attached hydrogens (tertiary/aromatic N) is 2. The first kappa shape index (κ1) is 20.6.